The Kier molecular flexibility index (Phi) is 4.33. The van der Waals surface area contributed by atoms with Crippen molar-refractivity contribution >= 4 is 7.94 Å². The molecule has 1 aliphatic rings. The van der Waals surface area contributed by atoms with Crippen LogP contribution in [0.2, 0.25) is 0 Å². The van der Waals surface area contributed by atoms with Crippen LogP contribution in [0.5, 0.6) is 0 Å². The Morgan fingerprint density at radius 2 is 1.14 bits per heavy atom. The van der Waals surface area contributed by atoms with Gasteiger partial charge in [-0.3, -0.25) is 0 Å². The van der Waals surface area contributed by atoms with E-state index < -0.39 is 7.94 Å². The molecule has 0 aliphatic heterocycles. The van der Waals surface area contributed by atoms with Crippen LogP contribution in [0.3, 0.4) is 0 Å². The topological polar surface area (TPSA) is 60.7 Å². The first-order valence-corrected chi connectivity index (χ1v) is 9.42. The average molecular weight is 317 g/mol. The molecular formula is C18H22O3P+. The molecule has 0 atom stereocenters. The Morgan fingerprint density at radius 3 is 1.50 bits per heavy atom. The molecule has 1 saturated carbocycles. The van der Waals surface area contributed by atoms with E-state index in [1.165, 1.54) is 11.1 Å². The summed E-state index contributed by atoms with van der Waals surface area (Å²) < 4.78 is 0. The summed E-state index contributed by atoms with van der Waals surface area (Å²) in [6.07, 6.45) is 2.88. The molecule has 3 rings (SSSR count). The monoisotopic (exact) mass is 317 g/mol. The smallest absolute Gasteiger partial charge is 0.193 e. The lowest BCUT2D eigenvalue weighted by Gasteiger charge is -2.40. The van der Waals surface area contributed by atoms with Crippen molar-refractivity contribution in [2.24, 2.45) is 0 Å². The summed E-state index contributed by atoms with van der Waals surface area (Å²) in [7, 11) is -3.73. The molecule has 0 aromatic heterocycles. The first-order valence-electron chi connectivity index (χ1n) is 7.70. The minimum absolute atomic E-state index is 0.103. The Bertz CT molecular complexity index is 558. The van der Waals surface area contributed by atoms with Crippen LogP contribution in [0.1, 0.15) is 36.8 Å². The molecule has 116 valence electrons. The molecular weight excluding hydrogens is 295 g/mol. The predicted molar refractivity (Wildman–Crippen MR) is 89.5 cm³/mol. The molecule has 0 amide bonds. The molecule has 22 heavy (non-hydrogen) atoms. The highest BCUT2D eigenvalue weighted by Crippen LogP contribution is 2.59. The molecule has 4 heteroatoms. The molecule has 0 saturated heterocycles. The molecule has 0 bridgehead atoms. The lowest BCUT2D eigenvalue weighted by Crippen LogP contribution is -2.35. The highest BCUT2D eigenvalue weighted by Gasteiger charge is 2.49. The summed E-state index contributed by atoms with van der Waals surface area (Å²) in [5, 5.41) is 0. The van der Waals surface area contributed by atoms with E-state index >= 15 is 0 Å². The zero-order valence-corrected chi connectivity index (χ0v) is 13.4. The van der Waals surface area contributed by atoms with Gasteiger partial charge < -0.3 is 0 Å². The van der Waals surface area contributed by atoms with Gasteiger partial charge in [-0.05, 0) is 36.8 Å². The third kappa shape index (κ3) is 2.95. The summed E-state index contributed by atoms with van der Waals surface area (Å²) >= 11 is 0. The molecule has 0 spiro atoms. The molecule has 1 fully saturated rings. The van der Waals surface area contributed by atoms with E-state index in [4.69, 9.17) is 0 Å². The molecule has 0 unspecified atom stereocenters. The van der Waals surface area contributed by atoms with Crippen LogP contribution in [0.15, 0.2) is 60.7 Å². The van der Waals surface area contributed by atoms with E-state index in [2.05, 4.69) is 24.3 Å². The van der Waals surface area contributed by atoms with Gasteiger partial charge in [-0.2, -0.15) is 14.7 Å². The van der Waals surface area contributed by atoms with Gasteiger partial charge in [-0.1, -0.05) is 60.7 Å². The molecule has 2 aromatic rings. The maximum absolute atomic E-state index is 9.58. The normalized spacial score (nSPS) is 19.0. The summed E-state index contributed by atoms with van der Waals surface area (Å²) in [5.41, 5.74) is 2.04. The molecule has 3 N–H and O–H groups in total. The number of hydrogen-bond acceptors (Lipinski definition) is 3. The van der Waals surface area contributed by atoms with Crippen LogP contribution in [-0.2, 0) is 5.41 Å². The number of benzene rings is 2. The zero-order chi connectivity index (χ0) is 15.6. The number of rotatable bonds is 3. The highest BCUT2D eigenvalue weighted by atomic mass is 31.2. The minimum Gasteiger partial charge on any atom is -0.193 e. The van der Waals surface area contributed by atoms with Gasteiger partial charge in [-0.25, -0.2) is 0 Å². The van der Waals surface area contributed by atoms with Crippen LogP contribution in [0.25, 0.3) is 0 Å². The van der Waals surface area contributed by atoms with Gasteiger partial charge in [0, 0.05) is 5.41 Å². The number of hydrogen-bond donors (Lipinski definition) is 3. The molecule has 3 nitrogen and oxygen atoms in total. The van der Waals surface area contributed by atoms with Crippen molar-refractivity contribution in [3.05, 3.63) is 71.8 Å². The maximum Gasteiger partial charge on any atom is 0.406 e. The summed E-state index contributed by atoms with van der Waals surface area (Å²) in [5.74, 6) is 0. The first-order chi connectivity index (χ1) is 10.5. The quantitative estimate of drug-likeness (QED) is 0.757. The molecule has 0 heterocycles. The van der Waals surface area contributed by atoms with Crippen LogP contribution < -0.4 is 0 Å². The van der Waals surface area contributed by atoms with Crippen molar-refractivity contribution in [1.29, 1.82) is 0 Å². The molecule has 1 aliphatic carbocycles. The van der Waals surface area contributed by atoms with E-state index in [0.29, 0.717) is 12.8 Å². The van der Waals surface area contributed by atoms with Gasteiger partial charge in [-0.15, -0.1) is 0 Å². The summed E-state index contributed by atoms with van der Waals surface area (Å²) in [4.78, 5) is 28.7. The van der Waals surface area contributed by atoms with E-state index in [1.54, 1.807) is 0 Å². The second-order valence-corrected chi connectivity index (χ2v) is 8.12. The Morgan fingerprint density at radius 1 is 0.727 bits per heavy atom. The van der Waals surface area contributed by atoms with E-state index in [0.717, 1.165) is 12.8 Å². The SMILES string of the molecule is O[P+](O)(O)C1CCC(c2ccccc2)(c2ccccc2)CC1. The summed E-state index contributed by atoms with van der Waals surface area (Å²) in [6, 6.07) is 20.8. The molecule has 2 aromatic carbocycles. The van der Waals surface area contributed by atoms with Gasteiger partial charge in [0.1, 0.15) is 0 Å². The van der Waals surface area contributed by atoms with Crippen molar-refractivity contribution < 1.29 is 14.7 Å². The minimum atomic E-state index is -3.73. The van der Waals surface area contributed by atoms with E-state index in [9.17, 15) is 14.7 Å². The van der Waals surface area contributed by atoms with Gasteiger partial charge >= 0.3 is 7.94 Å². The fourth-order valence-corrected chi connectivity index (χ4v) is 4.65. The third-order valence-electron chi connectivity index (χ3n) is 4.95. The van der Waals surface area contributed by atoms with Crippen molar-refractivity contribution in [3.8, 4) is 0 Å². The van der Waals surface area contributed by atoms with Gasteiger partial charge in [0.25, 0.3) is 0 Å². The largest absolute Gasteiger partial charge is 0.406 e. The van der Waals surface area contributed by atoms with Crippen LogP contribution in [0, 0.1) is 0 Å². The fraction of sp³-hybridized carbons (Fsp3) is 0.333. The van der Waals surface area contributed by atoms with Crippen LogP contribution >= 0.6 is 7.94 Å². The lowest BCUT2D eigenvalue weighted by atomic mass is 9.65. The fourth-order valence-electron chi connectivity index (χ4n) is 3.70. The van der Waals surface area contributed by atoms with Crippen molar-refractivity contribution in [2.45, 2.75) is 36.8 Å². The molecule has 0 radical (unpaired) electrons. The zero-order valence-electron chi connectivity index (χ0n) is 12.5. The first kappa shape index (κ1) is 15.6. The van der Waals surface area contributed by atoms with Crippen molar-refractivity contribution in [1.82, 2.24) is 0 Å². The van der Waals surface area contributed by atoms with Crippen molar-refractivity contribution in [3.63, 3.8) is 0 Å². The standard InChI is InChI=1S/C18H22O3P/c19-22(20,21)17-11-13-18(14-12-17,15-7-3-1-4-8-15)16-9-5-2-6-10-16/h1-10,17,19-21H,11-14H2/q+1. The van der Waals surface area contributed by atoms with E-state index in [-0.39, 0.29) is 11.1 Å². The second kappa shape index (κ2) is 6.10. The average Bonchev–Trinajstić information content (AvgIpc) is 2.56. The van der Waals surface area contributed by atoms with Crippen molar-refractivity contribution in [2.75, 3.05) is 0 Å². The second-order valence-electron chi connectivity index (χ2n) is 6.16. The Labute approximate surface area is 131 Å². The van der Waals surface area contributed by atoms with E-state index in [1.807, 2.05) is 36.4 Å². The van der Waals surface area contributed by atoms with Gasteiger partial charge in [0.15, 0.2) is 5.66 Å². The lowest BCUT2D eigenvalue weighted by molar-refractivity contribution is 0.271. The van der Waals surface area contributed by atoms with Gasteiger partial charge in [0.2, 0.25) is 0 Å². The Balaban J connectivity index is 1.97. The Hall–Kier alpha value is -1.25. The van der Waals surface area contributed by atoms with Crippen LogP contribution in [0.4, 0.5) is 0 Å². The third-order valence-corrected chi connectivity index (χ3v) is 6.45. The summed E-state index contributed by atoms with van der Waals surface area (Å²) in [6.45, 7) is 0. The van der Waals surface area contributed by atoms with Crippen LogP contribution in [-0.4, -0.2) is 20.3 Å². The highest BCUT2D eigenvalue weighted by molar-refractivity contribution is 7.59. The maximum atomic E-state index is 9.58. The van der Waals surface area contributed by atoms with Gasteiger partial charge in [0.05, 0.1) is 0 Å². The predicted octanol–water partition coefficient (Wildman–Crippen LogP) is 3.65.